The van der Waals surface area contributed by atoms with E-state index in [4.69, 9.17) is 5.11 Å². The fourth-order valence-corrected chi connectivity index (χ4v) is 5.26. The van der Waals surface area contributed by atoms with E-state index in [-0.39, 0.29) is 24.0 Å². The summed E-state index contributed by atoms with van der Waals surface area (Å²) in [6.45, 7) is 0.419. The number of halogens is 3. The van der Waals surface area contributed by atoms with E-state index in [0.29, 0.717) is 31.7 Å². The standard InChI is InChI=1S/C16H19F3N2O4S/c17-16(18,19)11-2-1-3-14(10-11)26(24,25)21(12-4-5-12)13-6-8-20(9-7-13)15(22)23/h1-3,10,12-13H,4-9H2,(H,22,23). The Balaban J connectivity index is 1.87. The number of benzene rings is 1. The van der Waals surface area contributed by atoms with Gasteiger partial charge in [0, 0.05) is 25.2 Å². The average Bonchev–Trinajstić information content (AvgIpc) is 3.39. The van der Waals surface area contributed by atoms with Crippen LogP contribution in [0.4, 0.5) is 18.0 Å². The van der Waals surface area contributed by atoms with Gasteiger partial charge in [0.15, 0.2) is 0 Å². The van der Waals surface area contributed by atoms with Gasteiger partial charge in [-0.05, 0) is 43.9 Å². The molecule has 1 aromatic rings. The Hall–Kier alpha value is -1.81. The van der Waals surface area contributed by atoms with Crippen molar-refractivity contribution in [3.63, 3.8) is 0 Å². The summed E-state index contributed by atoms with van der Waals surface area (Å²) in [6.07, 6.45) is -3.68. The van der Waals surface area contributed by atoms with Crippen LogP contribution in [0.5, 0.6) is 0 Å². The Kier molecular flexibility index (Phi) is 4.91. The molecule has 0 aromatic heterocycles. The van der Waals surface area contributed by atoms with Gasteiger partial charge in [0.25, 0.3) is 0 Å². The number of hydrogen-bond donors (Lipinski definition) is 1. The summed E-state index contributed by atoms with van der Waals surface area (Å²) in [4.78, 5) is 11.9. The molecule has 1 saturated heterocycles. The summed E-state index contributed by atoms with van der Waals surface area (Å²) >= 11 is 0. The lowest BCUT2D eigenvalue weighted by Gasteiger charge is -2.37. The van der Waals surface area contributed by atoms with Crippen molar-refractivity contribution in [2.45, 2.75) is 48.8 Å². The third-order valence-corrected chi connectivity index (χ3v) is 6.74. The van der Waals surface area contributed by atoms with E-state index in [1.807, 2.05) is 0 Å². The van der Waals surface area contributed by atoms with Crippen LogP contribution in [0.25, 0.3) is 0 Å². The molecular weight excluding hydrogens is 373 g/mol. The summed E-state index contributed by atoms with van der Waals surface area (Å²) in [5, 5.41) is 9.02. The van der Waals surface area contributed by atoms with E-state index in [1.165, 1.54) is 15.3 Å². The van der Waals surface area contributed by atoms with Crippen molar-refractivity contribution in [1.82, 2.24) is 9.21 Å². The topological polar surface area (TPSA) is 77.9 Å². The molecule has 26 heavy (non-hydrogen) atoms. The molecule has 144 valence electrons. The Morgan fingerprint density at radius 2 is 1.69 bits per heavy atom. The quantitative estimate of drug-likeness (QED) is 0.855. The molecule has 1 N–H and O–H groups in total. The zero-order chi connectivity index (χ0) is 19.1. The van der Waals surface area contributed by atoms with Gasteiger partial charge >= 0.3 is 12.3 Å². The molecule has 0 spiro atoms. The van der Waals surface area contributed by atoms with Gasteiger partial charge in [-0.25, -0.2) is 13.2 Å². The third kappa shape index (κ3) is 3.80. The molecule has 0 atom stereocenters. The SMILES string of the molecule is O=C(O)N1CCC(N(C2CC2)S(=O)(=O)c2cccc(C(F)(F)F)c2)CC1. The van der Waals surface area contributed by atoms with Crippen molar-refractivity contribution in [2.75, 3.05) is 13.1 Å². The maximum atomic E-state index is 13.0. The van der Waals surface area contributed by atoms with E-state index in [2.05, 4.69) is 0 Å². The van der Waals surface area contributed by atoms with Crippen LogP contribution in [0.3, 0.4) is 0 Å². The first-order valence-corrected chi connectivity index (χ1v) is 9.73. The van der Waals surface area contributed by atoms with E-state index >= 15 is 0 Å². The number of alkyl halides is 3. The van der Waals surface area contributed by atoms with Gasteiger partial charge in [0.05, 0.1) is 10.5 Å². The largest absolute Gasteiger partial charge is 0.465 e. The van der Waals surface area contributed by atoms with Crippen LogP contribution in [0.15, 0.2) is 29.2 Å². The molecule has 1 amide bonds. The highest BCUT2D eigenvalue weighted by Gasteiger charge is 2.44. The molecule has 1 aliphatic heterocycles. The molecule has 0 radical (unpaired) electrons. The Morgan fingerprint density at radius 1 is 1.12 bits per heavy atom. The first kappa shape index (κ1) is 19.0. The van der Waals surface area contributed by atoms with Crippen molar-refractivity contribution in [3.05, 3.63) is 29.8 Å². The minimum Gasteiger partial charge on any atom is -0.465 e. The van der Waals surface area contributed by atoms with Crippen LogP contribution in [-0.2, 0) is 16.2 Å². The minimum atomic E-state index is -4.62. The molecule has 3 rings (SSSR count). The lowest BCUT2D eigenvalue weighted by molar-refractivity contribution is -0.137. The zero-order valence-electron chi connectivity index (χ0n) is 13.8. The average molecular weight is 392 g/mol. The second-order valence-electron chi connectivity index (χ2n) is 6.59. The Labute approximate surface area is 149 Å². The van der Waals surface area contributed by atoms with Crippen molar-refractivity contribution < 1.29 is 31.5 Å². The van der Waals surface area contributed by atoms with Crippen LogP contribution in [0, 0.1) is 0 Å². The summed E-state index contributed by atoms with van der Waals surface area (Å²) in [6, 6.07) is 3.14. The van der Waals surface area contributed by atoms with Gasteiger partial charge in [-0.2, -0.15) is 17.5 Å². The number of carboxylic acid groups (broad SMARTS) is 1. The fourth-order valence-electron chi connectivity index (χ4n) is 3.29. The number of rotatable bonds is 4. The van der Waals surface area contributed by atoms with E-state index < -0.39 is 33.9 Å². The van der Waals surface area contributed by atoms with Gasteiger partial charge in [-0.3, -0.25) is 0 Å². The number of amides is 1. The van der Waals surface area contributed by atoms with E-state index in [0.717, 1.165) is 12.1 Å². The molecule has 1 saturated carbocycles. The predicted octanol–water partition coefficient (Wildman–Crippen LogP) is 3.00. The highest BCUT2D eigenvalue weighted by Crippen LogP contribution is 2.38. The summed E-state index contributed by atoms with van der Waals surface area (Å²) in [5.41, 5.74) is -1.00. The van der Waals surface area contributed by atoms with E-state index in [9.17, 15) is 26.4 Å². The van der Waals surface area contributed by atoms with Gasteiger partial charge in [-0.1, -0.05) is 6.07 Å². The summed E-state index contributed by atoms with van der Waals surface area (Å²) in [7, 11) is -4.09. The molecule has 1 aliphatic carbocycles. The predicted molar refractivity (Wildman–Crippen MR) is 86.1 cm³/mol. The lowest BCUT2D eigenvalue weighted by Crippen LogP contribution is -2.49. The number of hydrogen-bond acceptors (Lipinski definition) is 3. The second kappa shape index (κ2) is 6.73. The van der Waals surface area contributed by atoms with Crippen molar-refractivity contribution in [3.8, 4) is 0 Å². The Morgan fingerprint density at radius 3 is 2.19 bits per heavy atom. The van der Waals surface area contributed by atoms with Crippen molar-refractivity contribution in [2.24, 2.45) is 0 Å². The molecule has 1 heterocycles. The fraction of sp³-hybridized carbons (Fsp3) is 0.562. The maximum Gasteiger partial charge on any atom is 0.416 e. The third-order valence-electron chi connectivity index (χ3n) is 4.74. The molecule has 6 nitrogen and oxygen atoms in total. The lowest BCUT2D eigenvalue weighted by atomic mass is 10.1. The molecular formula is C16H19F3N2O4S. The van der Waals surface area contributed by atoms with Crippen LogP contribution < -0.4 is 0 Å². The smallest absolute Gasteiger partial charge is 0.416 e. The van der Waals surface area contributed by atoms with Crippen LogP contribution >= 0.6 is 0 Å². The van der Waals surface area contributed by atoms with Crippen LogP contribution in [0.2, 0.25) is 0 Å². The van der Waals surface area contributed by atoms with Crippen LogP contribution in [0.1, 0.15) is 31.2 Å². The number of carbonyl (C=O) groups is 1. The molecule has 1 aromatic carbocycles. The number of likely N-dealkylation sites (tertiary alicyclic amines) is 1. The van der Waals surface area contributed by atoms with Crippen molar-refractivity contribution >= 4 is 16.1 Å². The minimum absolute atomic E-state index is 0.210. The number of sulfonamides is 1. The normalized spacial score (nSPS) is 19.8. The highest BCUT2D eigenvalue weighted by molar-refractivity contribution is 7.89. The second-order valence-corrected chi connectivity index (χ2v) is 8.44. The van der Waals surface area contributed by atoms with Gasteiger partial charge in [0.1, 0.15) is 0 Å². The maximum absolute atomic E-state index is 13.0. The van der Waals surface area contributed by atoms with Gasteiger partial charge in [-0.15, -0.1) is 0 Å². The number of piperidine rings is 1. The molecule has 10 heteroatoms. The van der Waals surface area contributed by atoms with Crippen LogP contribution in [-0.4, -0.2) is 54.0 Å². The highest BCUT2D eigenvalue weighted by atomic mass is 32.2. The van der Waals surface area contributed by atoms with E-state index in [1.54, 1.807) is 0 Å². The monoisotopic (exact) mass is 392 g/mol. The Bertz CT molecular complexity index is 785. The first-order chi connectivity index (χ1) is 12.1. The summed E-state index contributed by atoms with van der Waals surface area (Å²) < 4.78 is 66.2. The van der Waals surface area contributed by atoms with Crippen molar-refractivity contribution in [1.29, 1.82) is 0 Å². The van der Waals surface area contributed by atoms with Gasteiger partial charge in [0.2, 0.25) is 10.0 Å². The first-order valence-electron chi connectivity index (χ1n) is 8.29. The molecule has 0 unspecified atom stereocenters. The van der Waals surface area contributed by atoms with Gasteiger partial charge < -0.3 is 10.0 Å². The molecule has 2 fully saturated rings. The molecule has 2 aliphatic rings. The number of nitrogens with zero attached hydrogens (tertiary/aromatic N) is 2. The molecule has 0 bridgehead atoms. The zero-order valence-corrected chi connectivity index (χ0v) is 14.6. The summed E-state index contributed by atoms with van der Waals surface area (Å²) in [5.74, 6) is 0.